The maximum absolute atomic E-state index is 12.6. The molecule has 0 bridgehead atoms. The SMILES string of the molecule is O=C1OC[C@@H](Cc2ccc([N+](=O)[O-])cc2)[C@@H]1C(=O)c1ccccc1. The molecule has 24 heavy (non-hydrogen) atoms. The Labute approximate surface area is 138 Å². The number of carbonyl (C=O) groups is 2. The van der Waals surface area contributed by atoms with Crippen molar-refractivity contribution in [2.75, 3.05) is 6.61 Å². The van der Waals surface area contributed by atoms with Gasteiger partial charge in [0, 0.05) is 23.6 Å². The van der Waals surface area contributed by atoms with Crippen molar-refractivity contribution in [2.45, 2.75) is 6.42 Å². The van der Waals surface area contributed by atoms with Crippen LogP contribution in [0.15, 0.2) is 54.6 Å². The number of Topliss-reactive ketones (excluding diaryl/α,β-unsaturated/α-hetero) is 1. The molecule has 2 aromatic carbocycles. The van der Waals surface area contributed by atoms with Crippen LogP contribution in [-0.4, -0.2) is 23.3 Å². The molecule has 0 radical (unpaired) electrons. The molecule has 0 amide bonds. The first-order chi connectivity index (χ1) is 11.6. The first-order valence-corrected chi connectivity index (χ1v) is 7.55. The number of ketones is 1. The normalized spacial score (nSPS) is 19.8. The van der Waals surface area contributed by atoms with Crippen LogP contribution in [0.5, 0.6) is 0 Å². The second-order valence-corrected chi connectivity index (χ2v) is 5.73. The number of nitrogens with zero attached hydrogens (tertiary/aromatic N) is 1. The van der Waals surface area contributed by atoms with Crippen LogP contribution >= 0.6 is 0 Å². The summed E-state index contributed by atoms with van der Waals surface area (Å²) in [5.74, 6) is -1.85. The van der Waals surface area contributed by atoms with Crippen molar-refractivity contribution >= 4 is 17.4 Å². The van der Waals surface area contributed by atoms with Crippen molar-refractivity contribution in [3.05, 3.63) is 75.8 Å². The molecule has 122 valence electrons. The van der Waals surface area contributed by atoms with E-state index >= 15 is 0 Å². The van der Waals surface area contributed by atoms with Gasteiger partial charge in [0.15, 0.2) is 5.78 Å². The minimum atomic E-state index is -0.831. The summed E-state index contributed by atoms with van der Waals surface area (Å²) in [5.41, 5.74) is 1.32. The fourth-order valence-electron chi connectivity index (χ4n) is 2.90. The van der Waals surface area contributed by atoms with Gasteiger partial charge in [-0.1, -0.05) is 42.5 Å². The number of carbonyl (C=O) groups excluding carboxylic acids is 2. The molecular formula is C18H15NO5. The minimum Gasteiger partial charge on any atom is -0.465 e. The number of esters is 1. The topological polar surface area (TPSA) is 86.5 Å². The summed E-state index contributed by atoms with van der Waals surface area (Å²) in [6, 6.07) is 14.8. The lowest BCUT2D eigenvalue weighted by Gasteiger charge is -2.14. The van der Waals surface area contributed by atoms with E-state index in [9.17, 15) is 19.7 Å². The first kappa shape index (κ1) is 15.9. The Bertz CT molecular complexity index is 770. The second kappa shape index (κ2) is 6.62. The van der Waals surface area contributed by atoms with Crippen LogP contribution in [0.1, 0.15) is 15.9 Å². The monoisotopic (exact) mass is 325 g/mol. The molecule has 0 N–H and O–H groups in total. The molecule has 0 saturated carbocycles. The zero-order chi connectivity index (χ0) is 17.1. The van der Waals surface area contributed by atoms with Crippen molar-refractivity contribution in [3.8, 4) is 0 Å². The van der Waals surface area contributed by atoms with Crippen LogP contribution in [0.2, 0.25) is 0 Å². The standard InChI is InChI=1S/C18H15NO5/c20-17(13-4-2-1-3-5-13)16-14(11-24-18(16)21)10-12-6-8-15(9-7-12)19(22)23/h1-9,14,16H,10-11H2/t14-,16-/m1/s1. The molecule has 3 rings (SSSR count). The molecule has 6 nitrogen and oxygen atoms in total. The van der Waals surface area contributed by atoms with E-state index in [2.05, 4.69) is 0 Å². The lowest BCUT2D eigenvalue weighted by Crippen LogP contribution is -2.27. The van der Waals surface area contributed by atoms with E-state index in [4.69, 9.17) is 4.74 Å². The maximum atomic E-state index is 12.6. The fraction of sp³-hybridized carbons (Fsp3) is 0.222. The zero-order valence-electron chi connectivity index (χ0n) is 12.8. The molecule has 1 fully saturated rings. The summed E-state index contributed by atoms with van der Waals surface area (Å²) in [7, 11) is 0. The number of hydrogen-bond acceptors (Lipinski definition) is 5. The third-order valence-corrected chi connectivity index (χ3v) is 4.15. The summed E-state index contributed by atoms with van der Waals surface area (Å²) in [6.07, 6.45) is 0.451. The molecule has 2 atom stereocenters. The lowest BCUT2D eigenvalue weighted by molar-refractivity contribution is -0.384. The Balaban J connectivity index is 1.78. The average molecular weight is 325 g/mol. The number of cyclic esters (lactones) is 1. The van der Waals surface area contributed by atoms with E-state index in [1.54, 1.807) is 42.5 Å². The predicted octanol–water partition coefficient (Wildman–Crippen LogP) is 2.81. The molecule has 6 heteroatoms. The Morgan fingerprint density at radius 3 is 2.42 bits per heavy atom. The maximum Gasteiger partial charge on any atom is 0.317 e. The van der Waals surface area contributed by atoms with Crippen LogP contribution < -0.4 is 0 Å². The van der Waals surface area contributed by atoms with Gasteiger partial charge >= 0.3 is 5.97 Å². The van der Waals surface area contributed by atoms with Crippen LogP contribution in [0.3, 0.4) is 0 Å². The van der Waals surface area contributed by atoms with Gasteiger partial charge in [-0.2, -0.15) is 0 Å². The van der Waals surface area contributed by atoms with E-state index in [1.807, 2.05) is 0 Å². The van der Waals surface area contributed by atoms with Gasteiger partial charge in [0.2, 0.25) is 0 Å². The van der Waals surface area contributed by atoms with Crippen molar-refractivity contribution < 1.29 is 19.2 Å². The lowest BCUT2D eigenvalue weighted by atomic mass is 9.84. The Kier molecular flexibility index (Phi) is 4.37. The summed E-state index contributed by atoms with van der Waals surface area (Å²) < 4.78 is 5.09. The first-order valence-electron chi connectivity index (χ1n) is 7.55. The molecule has 1 aliphatic heterocycles. The molecule has 1 saturated heterocycles. The molecule has 0 spiro atoms. The van der Waals surface area contributed by atoms with Gasteiger partial charge in [-0.15, -0.1) is 0 Å². The number of rotatable bonds is 5. The van der Waals surface area contributed by atoms with Crippen molar-refractivity contribution in [1.82, 2.24) is 0 Å². The van der Waals surface area contributed by atoms with E-state index in [0.29, 0.717) is 12.0 Å². The second-order valence-electron chi connectivity index (χ2n) is 5.73. The Hall–Kier alpha value is -3.02. The third kappa shape index (κ3) is 3.17. The zero-order valence-corrected chi connectivity index (χ0v) is 12.8. The van der Waals surface area contributed by atoms with E-state index in [1.165, 1.54) is 12.1 Å². The number of non-ortho nitro benzene ring substituents is 1. The molecule has 2 aromatic rings. The highest BCUT2D eigenvalue weighted by atomic mass is 16.6. The van der Waals surface area contributed by atoms with E-state index in [-0.39, 0.29) is 24.0 Å². The number of ether oxygens (including phenoxy) is 1. The van der Waals surface area contributed by atoms with E-state index < -0.39 is 16.8 Å². The van der Waals surface area contributed by atoms with Crippen LogP contribution in [-0.2, 0) is 16.0 Å². The highest BCUT2D eigenvalue weighted by molar-refractivity contribution is 6.09. The minimum absolute atomic E-state index is 0.00871. The molecular weight excluding hydrogens is 310 g/mol. The highest BCUT2D eigenvalue weighted by Gasteiger charge is 2.42. The molecule has 0 unspecified atom stereocenters. The number of nitro groups is 1. The van der Waals surface area contributed by atoms with Crippen molar-refractivity contribution in [3.63, 3.8) is 0 Å². The van der Waals surface area contributed by atoms with Crippen molar-refractivity contribution in [1.29, 1.82) is 0 Å². The number of hydrogen-bond donors (Lipinski definition) is 0. The quantitative estimate of drug-likeness (QED) is 0.277. The van der Waals surface area contributed by atoms with Gasteiger partial charge in [-0.25, -0.2) is 0 Å². The molecule has 0 aliphatic carbocycles. The number of nitro benzene ring substituents is 1. The molecule has 1 heterocycles. The fourth-order valence-corrected chi connectivity index (χ4v) is 2.90. The Morgan fingerprint density at radius 1 is 1.12 bits per heavy atom. The van der Waals surface area contributed by atoms with E-state index in [0.717, 1.165) is 5.56 Å². The summed E-state index contributed by atoms with van der Waals surface area (Å²) in [4.78, 5) is 34.8. The molecule has 1 aliphatic rings. The summed E-state index contributed by atoms with van der Waals surface area (Å²) in [5, 5.41) is 10.7. The summed E-state index contributed by atoms with van der Waals surface area (Å²) >= 11 is 0. The average Bonchev–Trinajstić information content (AvgIpc) is 2.96. The van der Waals surface area contributed by atoms with Gasteiger partial charge in [0.25, 0.3) is 5.69 Å². The smallest absolute Gasteiger partial charge is 0.317 e. The van der Waals surface area contributed by atoms with Gasteiger partial charge in [-0.3, -0.25) is 19.7 Å². The highest BCUT2D eigenvalue weighted by Crippen LogP contribution is 2.29. The van der Waals surface area contributed by atoms with Crippen molar-refractivity contribution in [2.24, 2.45) is 11.8 Å². The van der Waals surface area contributed by atoms with Gasteiger partial charge in [-0.05, 0) is 12.0 Å². The number of benzene rings is 2. The van der Waals surface area contributed by atoms with Crippen LogP contribution in [0, 0.1) is 22.0 Å². The molecule has 0 aromatic heterocycles. The van der Waals surface area contributed by atoms with Gasteiger partial charge in [0.1, 0.15) is 5.92 Å². The largest absolute Gasteiger partial charge is 0.465 e. The van der Waals surface area contributed by atoms with Gasteiger partial charge < -0.3 is 4.74 Å². The predicted molar refractivity (Wildman–Crippen MR) is 85.5 cm³/mol. The van der Waals surface area contributed by atoms with Crippen LogP contribution in [0.4, 0.5) is 5.69 Å². The van der Waals surface area contributed by atoms with Crippen LogP contribution in [0.25, 0.3) is 0 Å². The Morgan fingerprint density at radius 2 is 1.79 bits per heavy atom. The third-order valence-electron chi connectivity index (χ3n) is 4.15. The van der Waals surface area contributed by atoms with Gasteiger partial charge in [0.05, 0.1) is 11.5 Å². The summed E-state index contributed by atoms with van der Waals surface area (Å²) in [6.45, 7) is 0.180.